The van der Waals surface area contributed by atoms with Crippen LogP contribution in [-0.4, -0.2) is 46.5 Å². The Balaban J connectivity index is 1.48. The van der Waals surface area contributed by atoms with E-state index in [1.54, 1.807) is 11.6 Å². The minimum Gasteiger partial charge on any atom is -0.361 e. The van der Waals surface area contributed by atoms with Gasteiger partial charge in [0.1, 0.15) is 0 Å². The molecular weight excluding hydrogens is 416 g/mol. The van der Waals surface area contributed by atoms with Gasteiger partial charge in [-0.1, -0.05) is 42.5 Å². The number of piperidine rings is 1. The average Bonchev–Trinajstić information content (AvgIpc) is 3.29. The zero-order valence-electron chi connectivity index (χ0n) is 18.6. The van der Waals surface area contributed by atoms with Crippen LogP contribution in [0, 0.1) is 5.92 Å². The van der Waals surface area contributed by atoms with E-state index in [2.05, 4.69) is 22.4 Å². The molecule has 1 aliphatic heterocycles. The van der Waals surface area contributed by atoms with Gasteiger partial charge in [-0.25, -0.2) is 5.48 Å². The summed E-state index contributed by atoms with van der Waals surface area (Å²) in [5.74, 6) is -0.288. The topological polar surface area (TPSA) is 97.5 Å². The first-order chi connectivity index (χ1) is 16.1. The van der Waals surface area contributed by atoms with Crippen molar-refractivity contribution in [2.24, 2.45) is 5.92 Å². The van der Waals surface area contributed by atoms with Gasteiger partial charge in [0, 0.05) is 42.2 Å². The number of rotatable bonds is 8. The van der Waals surface area contributed by atoms with E-state index in [0.29, 0.717) is 13.1 Å². The molecule has 4 rings (SSSR count). The standard InChI is InChI=1S/C26H30N4O3/c31-25(29-33)10-9-19-5-7-20(8-6-19)18-30(26(32)21-11-14-27-15-12-21)16-13-22-17-28-24-4-2-1-3-23(22)24/h1-10,17,21,27-28,33H,11-16,18H2,(H,29,31)/b10-9+. The lowest BCUT2D eigenvalue weighted by atomic mass is 9.96. The molecule has 1 fully saturated rings. The maximum absolute atomic E-state index is 13.4. The van der Waals surface area contributed by atoms with Gasteiger partial charge in [-0.2, -0.15) is 0 Å². The molecule has 0 atom stereocenters. The van der Waals surface area contributed by atoms with Crippen LogP contribution in [0.15, 0.2) is 60.8 Å². The summed E-state index contributed by atoms with van der Waals surface area (Å²) >= 11 is 0. The summed E-state index contributed by atoms with van der Waals surface area (Å²) in [5.41, 5.74) is 5.79. The third kappa shape index (κ3) is 5.88. The van der Waals surface area contributed by atoms with E-state index in [9.17, 15) is 9.59 Å². The first-order valence-corrected chi connectivity index (χ1v) is 11.4. The molecule has 0 aliphatic carbocycles. The highest BCUT2D eigenvalue weighted by Gasteiger charge is 2.26. The van der Waals surface area contributed by atoms with Crippen LogP contribution < -0.4 is 10.8 Å². The van der Waals surface area contributed by atoms with Gasteiger partial charge in [-0.3, -0.25) is 14.8 Å². The highest BCUT2D eigenvalue weighted by atomic mass is 16.5. The number of nitrogens with zero attached hydrogens (tertiary/aromatic N) is 1. The highest BCUT2D eigenvalue weighted by molar-refractivity contribution is 5.90. The highest BCUT2D eigenvalue weighted by Crippen LogP contribution is 2.21. The molecule has 4 N–H and O–H groups in total. The lowest BCUT2D eigenvalue weighted by Crippen LogP contribution is -2.41. The van der Waals surface area contributed by atoms with Crippen molar-refractivity contribution in [2.75, 3.05) is 19.6 Å². The van der Waals surface area contributed by atoms with Crippen LogP contribution in [0.25, 0.3) is 17.0 Å². The van der Waals surface area contributed by atoms with E-state index < -0.39 is 5.91 Å². The number of H-pyrrole nitrogens is 1. The second kappa shape index (κ2) is 10.9. The van der Waals surface area contributed by atoms with Crippen LogP contribution in [0.3, 0.4) is 0 Å². The second-order valence-corrected chi connectivity index (χ2v) is 8.44. The van der Waals surface area contributed by atoms with E-state index in [4.69, 9.17) is 5.21 Å². The molecule has 0 radical (unpaired) electrons. The van der Waals surface area contributed by atoms with Gasteiger partial charge in [0.15, 0.2) is 0 Å². The molecule has 0 unspecified atom stereocenters. The number of para-hydroxylation sites is 1. The molecule has 0 spiro atoms. The number of benzene rings is 2. The van der Waals surface area contributed by atoms with Gasteiger partial charge in [0.05, 0.1) is 0 Å². The summed E-state index contributed by atoms with van der Waals surface area (Å²) in [7, 11) is 0. The Kier molecular flexibility index (Phi) is 7.55. The zero-order chi connectivity index (χ0) is 23.0. The Morgan fingerprint density at radius 2 is 1.85 bits per heavy atom. The Bertz CT molecular complexity index is 1110. The Labute approximate surface area is 193 Å². The largest absolute Gasteiger partial charge is 0.361 e. The number of nitrogens with one attached hydrogen (secondary N) is 3. The number of fused-ring (bicyclic) bond motifs is 1. The molecule has 172 valence electrons. The zero-order valence-corrected chi connectivity index (χ0v) is 18.6. The molecule has 2 heterocycles. The second-order valence-electron chi connectivity index (χ2n) is 8.44. The van der Waals surface area contributed by atoms with Gasteiger partial charge >= 0.3 is 0 Å². The number of hydrogen-bond acceptors (Lipinski definition) is 4. The maximum atomic E-state index is 13.4. The van der Waals surface area contributed by atoms with E-state index in [1.165, 1.54) is 17.0 Å². The van der Waals surface area contributed by atoms with Crippen molar-refractivity contribution >= 4 is 28.8 Å². The fourth-order valence-corrected chi connectivity index (χ4v) is 4.35. The van der Waals surface area contributed by atoms with E-state index >= 15 is 0 Å². The molecule has 1 aliphatic rings. The Hall–Kier alpha value is -3.42. The van der Waals surface area contributed by atoms with Crippen molar-refractivity contribution in [3.8, 4) is 0 Å². The van der Waals surface area contributed by atoms with Gasteiger partial charge in [-0.05, 0) is 61.2 Å². The molecule has 2 aromatic carbocycles. The molecule has 33 heavy (non-hydrogen) atoms. The minimum atomic E-state index is -0.574. The number of amides is 2. The number of hydrogen-bond donors (Lipinski definition) is 4. The third-order valence-corrected chi connectivity index (χ3v) is 6.22. The van der Waals surface area contributed by atoms with Gasteiger partial charge in [-0.15, -0.1) is 0 Å². The Morgan fingerprint density at radius 1 is 1.09 bits per heavy atom. The fraction of sp³-hybridized carbons (Fsp3) is 0.308. The SMILES string of the molecule is O=C(/C=C/c1ccc(CN(CCc2c[nH]c3ccccc23)C(=O)C2CCNCC2)cc1)NO. The molecule has 0 bridgehead atoms. The monoisotopic (exact) mass is 446 g/mol. The summed E-state index contributed by atoms with van der Waals surface area (Å²) < 4.78 is 0. The van der Waals surface area contributed by atoms with E-state index in [-0.39, 0.29) is 11.8 Å². The van der Waals surface area contributed by atoms with Crippen molar-refractivity contribution in [3.05, 3.63) is 77.5 Å². The number of aromatic nitrogens is 1. The number of aromatic amines is 1. The van der Waals surface area contributed by atoms with Gasteiger partial charge < -0.3 is 15.2 Å². The minimum absolute atomic E-state index is 0.0634. The van der Waals surface area contributed by atoms with Crippen LogP contribution in [0.4, 0.5) is 0 Å². The molecule has 2 amide bonds. The summed E-state index contributed by atoms with van der Waals surface area (Å²) in [6.07, 6.45) is 7.48. The summed E-state index contributed by atoms with van der Waals surface area (Å²) in [6, 6.07) is 16.0. The first-order valence-electron chi connectivity index (χ1n) is 11.4. The van der Waals surface area contributed by atoms with Crippen molar-refractivity contribution in [1.29, 1.82) is 0 Å². The van der Waals surface area contributed by atoms with Crippen LogP contribution in [0.5, 0.6) is 0 Å². The van der Waals surface area contributed by atoms with Crippen molar-refractivity contribution in [2.45, 2.75) is 25.8 Å². The quantitative estimate of drug-likeness (QED) is 0.243. The predicted octanol–water partition coefficient (Wildman–Crippen LogP) is 3.26. The van der Waals surface area contributed by atoms with Gasteiger partial charge in [0.25, 0.3) is 5.91 Å². The van der Waals surface area contributed by atoms with Crippen molar-refractivity contribution < 1.29 is 14.8 Å². The van der Waals surface area contributed by atoms with Crippen LogP contribution in [-0.2, 0) is 22.6 Å². The lowest BCUT2D eigenvalue weighted by Gasteiger charge is -2.30. The van der Waals surface area contributed by atoms with Crippen LogP contribution >= 0.6 is 0 Å². The third-order valence-electron chi connectivity index (χ3n) is 6.22. The van der Waals surface area contributed by atoms with E-state index in [0.717, 1.165) is 49.0 Å². The van der Waals surface area contributed by atoms with E-state index in [1.807, 2.05) is 47.5 Å². The van der Waals surface area contributed by atoms with Crippen LogP contribution in [0.1, 0.15) is 29.5 Å². The molecule has 7 nitrogen and oxygen atoms in total. The Morgan fingerprint density at radius 3 is 2.61 bits per heavy atom. The van der Waals surface area contributed by atoms with Gasteiger partial charge in [0.2, 0.25) is 5.91 Å². The smallest absolute Gasteiger partial charge is 0.267 e. The number of carbonyl (C=O) groups excluding carboxylic acids is 2. The fourth-order valence-electron chi connectivity index (χ4n) is 4.35. The summed E-state index contributed by atoms with van der Waals surface area (Å²) in [6.45, 7) is 2.97. The van der Waals surface area contributed by atoms with Crippen molar-refractivity contribution in [1.82, 2.24) is 20.7 Å². The maximum Gasteiger partial charge on any atom is 0.267 e. The van der Waals surface area contributed by atoms with Crippen LogP contribution in [0.2, 0.25) is 0 Å². The summed E-state index contributed by atoms with van der Waals surface area (Å²) in [5, 5.41) is 13.1. The average molecular weight is 447 g/mol. The molecule has 1 aromatic heterocycles. The molecular formula is C26H30N4O3. The molecule has 0 saturated carbocycles. The predicted molar refractivity (Wildman–Crippen MR) is 128 cm³/mol. The lowest BCUT2D eigenvalue weighted by molar-refractivity contribution is -0.137. The molecule has 1 saturated heterocycles. The molecule has 3 aromatic rings. The normalized spacial score (nSPS) is 14.6. The molecule has 7 heteroatoms. The summed E-state index contributed by atoms with van der Waals surface area (Å²) in [4.78, 5) is 29.9. The number of hydroxylamine groups is 1. The van der Waals surface area contributed by atoms with Crippen molar-refractivity contribution in [3.63, 3.8) is 0 Å². The number of carbonyl (C=O) groups is 2. The first kappa shape index (κ1) is 22.8.